The molecule has 4 rings (SSSR count). The second-order valence-corrected chi connectivity index (χ2v) is 28.7. The summed E-state index contributed by atoms with van der Waals surface area (Å²) >= 11 is 0. The molecule has 2 aliphatic rings. The fourth-order valence-electron chi connectivity index (χ4n) is 5.23. The van der Waals surface area contributed by atoms with Crippen LogP contribution in [-0.4, -0.2) is 48.2 Å². The van der Waals surface area contributed by atoms with Gasteiger partial charge in [-0.15, -0.1) is 0 Å². The molecule has 0 aromatic heterocycles. The van der Waals surface area contributed by atoms with Crippen LogP contribution < -0.4 is 10.6 Å². The van der Waals surface area contributed by atoms with Gasteiger partial charge in [-0.25, -0.2) is 0 Å². The topological polar surface area (TPSA) is 61.8 Å². The van der Waals surface area contributed by atoms with Gasteiger partial charge in [0.1, 0.15) is 18.3 Å². The van der Waals surface area contributed by atoms with Crippen molar-refractivity contribution >= 4 is 47.4 Å². The van der Waals surface area contributed by atoms with Crippen LogP contribution in [0.25, 0.3) is 0 Å². The number of carbonyl (C=O) groups is 2. The Morgan fingerprint density at radius 3 is 1.70 bits per heavy atom. The average Bonchev–Trinajstić information content (AvgIpc) is 3.83. The van der Waals surface area contributed by atoms with Crippen LogP contribution in [0.3, 0.4) is 0 Å². The van der Waals surface area contributed by atoms with E-state index in [2.05, 4.69) is 98.6 Å². The van der Waals surface area contributed by atoms with Crippen molar-refractivity contribution in [2.75, 3.05) is 13.2 Å². The molecule has 54 heavy (non-hydrogen) atoms. The van der Waals surface area contributed by atoms with Crippen molar-refractivity contribution in [3.63, 3.8) is 0 Å². The van der Waals surface area contributed by atoms with Crippen LogP contribution in [-0.2, 0) is 40.2 Å². The summed E-state index contributed by atoms with van der Waals surface area (Å²) in [5, 5.41) is 2.45. The monoisotopic (exact) mass is 826 g/mol. The Morgan fingerprint density at radius 2 is 1.24 bits per heavy atom. The summed E-state index contributed by atoms with van der Waals surface area (Å²) in [6.07, 6.45) is 17.6. The molecular weight excluding hydrogens is 763 g/mol. The van der Waals surface area contributed by atoms with Crippen LogP contribution in [0, 0.1) is 68.9 Å². The maximum atomic E-state index is 14.2. The predicted octanol–water partition coefficient (Wildman–Crippen LogP) is 10.4. The number of hydrogen-bond acceptors (Lipinski definition) is 5. The molecule has 0 bridgehead atoms. The third-order valence-corrected chi connectivity index (χ3v) is 22.1. The van der Waals surface area contributed by atoms with Crippen molar-refractivity contribution in [2.45, 2.75) is 103 Å². The van der Waals surface area contributed by atoms with Crippen LogP contribution in [0.4, 0.5) is 0 Å². The number of benzene rings is 2. The van der Waals surface area contributed by atoms with Crippen LogP contribution in [0.5, 0.6) is 0 Å². The molecule has 0 amide bonds. The van der Waals surface area contributed by atoms with E-state index < -0.39 is 30.7 Å². The van der Waals surface area contributed by atoms with Crippen LogP contribution in [0.2, 0.25) is 36.3 Å². The summed E-state index contributed by atoms with van der Waals surface area (Å²) in [4.78, 5) is 26.0. The summed E-state index contributed by atoms with van der Waals surface area (Å²) in [5.74, 6) is 0.132. The molecule has 2 atom stereocenters. The number of carbonyl (C=O) groups excluding carboxylic acids is 2. The molecule has 2 aromatic carbocycles. The Labute approximate surface area is 344 Å². The van der Waals surface area contributed by atoms with E-state index in [1.54, 1.807) is 0 Å². The molecule has 2 aromatic rings. The van der Waals surface area contributed by atoms with E-state index in [-0.39, 0.29) is 39.0 Å². The summed E-state index contributed by atoms with van der Waals surface area (Å²) < 4.78 is 19.5. The molecule has 0 spiro atoms. The van der Waals surface area contributed by atoms with Gasteiger partial charge in [-0.1, -0.05) is 109 Å². The van der Waals surface area contributed by atoms with Crippen molar-refractivity contribution in [1.29, 1.82) is 0 Å². The maximum Gasteiger partial charge on any atom is 0.314 e. The second kappa shape index (κ2) is 22.5. The van der Waals surface area contributed by atoms with E-state index in [0.717, 1.165) is 17.5 Å². The first-order valence-electron chi connectivity index (χ1n) is 18.8. The molecule has 0 heterocycles. The number of hydrogen-bond donors (Lipinski definition) is 0. The van der Waals surface area contributed by atoms with Crippen molar-refractivity contribution < 1.29 is 40.2 Å². The van der Waals surface area contributed by atoms with Crippen molar-refractivity contribution in [3.05, 3.63) is 136 Å². The second-order valence-electron chi connectivity index (χ2n) is 16.9. The zero-order chi connectivity index (χ0) is 39.3. The van der Waals surface area contributed by atoms with Crippen molar-refractivity contribution in [3.8, 4) is 0 Å². The van der Waals surface area contributed by atoms with Gasteiger partial charge in [0.15, 0.2) is 16.6 Å². The van der Waals surface area contributed by atoms with Crippen LogP contribution in [0.1, 0.15) is 60.8 Å². The fourth-order valence-corrected chi connectivity index (χ4v) is 9.75. The Hall–Kier alpha value is -1.38. The summed E-state index contributed by atoms with van der Waals surface area (Å²) in [7, 11) is -5.03. The normalized spacial score (nSPS) is 16.9. The minimum atomic E-state index is -2.05. The van der Waals surface area contributed by atoms with Crippen LogP contribution >= 0.6 is 7.92 Å². The Morgan fingerprint density at radius 1 is 0.759 bits per heavy atom. The van der Waals surface area contributed by atoms with Gasteiger partial charge in [0.05, 0.1) is 6.61 Å². The maximum absolute atomic E-state index is 14.2. The van der Waals surface area contributed by atoms with E-state index in [1.807, 2.05) is 87.8 Å². The largest absolute Gasteiger partial charge is 0.462 e. The van der Waals surface area contributed by atoms with Gasteiger partial charge >= 0.3 is 5.97 Å². The molecule has 0 N–H and O–H groups in total. The van der Waals surface area contributed by atoms with Gasteiger partial charge in [-0.05, 0) is 124 Å². The van der Waals surface area contributed by atoms with Crippen molar-refractivity contribution in [2.24, 2.45) is 5.92 Å². The third kappa shape index (κ3) is 15.2. The third-order valence-electron chi connectivity index (χ3n) is 10.6. The van der Waals surface area contributed by atoms with E-state index >= 15 is 0 Å². The Balaban J connectivity index is 0.00000155. The summed E-state index contributed by atoms with van der Waals surface area (Å²) in [6, 6.07) is 20.7. The molecule has 0 unspecified atom stereocenters. The Bertz CT molecular complexity index is 1360. The molecule has 5 nitrogen and oxygen atoms in total. The number of ether oxygens (including phenoxy) is 1. The molecule has 10 radical (unpaired) electrons. The fraction of sp³-hybridized carbons (Fsp3) is 0.422. The molecule has 2 fully saturated rings. The smallest absolute Gasteiger partial charge is 0.314 e. The molecule has 0 aliphatic heterocycles. The van der Waals surface area contributed by atoms with Gasteiger partial charge in [0.25, 0.3) is 0 Å². The molecule has 9 heteroatoms. The first kappa shape index (κ1) is 48.8. The van der Waals surface area contributed by atoms with Gasteiger partial charge < -0.3 is 18.4 Å². The number of esters is 1. The van der Waals surface area contributed by atoms with Gasteiger partial charge in [-0.3, -0.25) is 4.79 Å². The van der Waals surface area contributed by atoms with E-state index in [9.17, 15) is 9.59 Å². The Kier molecular flexibility index (Phi) is 20.4. The van der Waals surface area contributed by atoms with Gasteiger partial charge in [0.2, 0.25) is 0 Å². The average molecular weight is 827 g/mol. The molecule has 2 aliphatic carbocycles. The molecule has 0 saturated heterocycles. The van der Waals surface area contributed by atoms with Gasteiger partial charge in [-0.2, -0.15) is 0 Å². The standard InChI is InChI=1S/C40H58O5PSi2.C5H5.Fe/c1-31(29-43-47(8,9)39(2,3)4)27-33(28-32(25-26-41)30-44-48(10,11)40(5,6)7)45-38(42)36-23-18-24-37(36)46(34-19-14-12-15-20-34)35-21-16-13-17-22-35;1-2-4-5-3-1;/h12-24,26,32-33H,1,25,27-30H2,2-11H3;1-5H;/t32-,33+;;/m0../s1. The predicted molar refractivity (Wildman–Crippen MR) is 229 cm³/mol. The quantitative estimate of drug-likeness (QED) is 0.0523. The minimum Gasteiger partial charge on any atom is -0.462 e. The van der Waals surface area contributed by atoms with E-state index in [0.29, 0.717) is 38.4 Å². The SMILES string of the molecule is C=C(CO[Si](C)(C)C(C)(C)C)C[C@H](C[C@H](CC=O)CO[Si](C)(C)C(C)(C)C)OC(=O)[C]1[CH][CH][CH][C]1P(c1ccccc1)c1ccccc1.[CH]1[CH][CH][CH][CH]1.[Fe]. The van der Waals surface area contributed by atoms with Crippen LogP contribution in [0.15, 0.2) is 72.8 Å². The number of rotatable bonds is 17. The minimum absolute atomic E-state index is 0. The molecule has 2 saturated carbocycles. The zero-order valence-corrected chi connectivity index (χ0v) is 38.2. The van der Waals surface area contributed by atoms with Crippen molar-refractivity contribution in [1.82, 2.24) is 0 Å². The summed E-state index contributed by atoms with van der Waals surface area (Å²) in [5.41, 5.74) is 1.85. The first-order valence-corrected chi connectivity index (χ1v) is 25.9. The molecule has 294 valence electrons. The first-order chi connectivity index (χ1) is 24.9. The molecular formula is C45H63FeO5PSi2. The van der Waals surface area contributed by atoms with E-state index in [1.165, 1.54) is 10.6 Å². The zero-order valence-electron chi connectivity index (χ0n) is 34.2. The summed E-state index contributed by atoms with van der Waals surface area (Å²) in [6.45, 7) is 27.4. The number of aldehydes is 1. The van der Waals surface area contributed by atoms with Gasteiger partial charge in [0, 0.05) is 42.2 Å². The van der Waals surface area contributed by atoms with E-state index in [4.69, 9.17) is 13.6 Å².